The summed E-state index contributed by atoms with van der Waals surface area (Å²) in [5, 5.41) is 2.96. The molecule has 2 N–H and O–H groups in total. The number of benzene rings is 1. The maximum atomic E-state index is 12.4. The molecule has 4 rings (SSSR count). The third kappa shape index (κ3) is 2.80. The Kier molecular flexibility index (Phi) is 3.80. The van der Waals surface area contributed by atoms with Crippen LogP contribution in [-0.4, -0.2) is 29.5 Å². The van der Waals surface area contributed by atoms with E-state index in [2.05, 4.69) is 15.3 Å². The van der Waals surface area contributed by atoms with Crippen molar-refractivity contribution in [3.05, 3.63) is 59.1 Å². The van der Waals surface area contributed by atoms with Crippen molar-refractivity contribution >= 4 is 5.91 Å². The molecule has 0 fully saturated rings. The number of aryl methyl sites for hydroxylation is 1. The first-order valence-corrected chi connectivity index (χ1v) is 8.22. The average Bonchev–Trinajstić information content (AvgIpc) is 3.21. The van der Waals surface area contributed by atoms with Gasteiger partial charge in [0.15, 0.2) is 11.6 Å². The minimum absolute atomic E-state index is 0.105. The van der Waals surface area contributed by atoms with Crippen molar-refractivity contribution in [2.45, 2.75) is 19.3 Å². The van der Waals surface area contributed by atoms with E-state index in [1.165, 1.54) is 0 Å². The second-order valence-electron chi connectivity index (χ2n) is 6.18. The summed E-state index contributed by atoms with van der Waals surface area (Å²) in [5.41, 5.74) is 2.32. The number of hydrogen-bond acceptors (Lipinski definition) is 4. The first-order valence-electron chi connectivity index (χ1n) is 8.22. The first-order chi connectivity index (χ1) is 12.2. The van der Waals surface area contributed by atoms with Gasteiger partial charge in [0, 0.05) is 18.2 Å². The Morgan fingerprint density at radius 2 is 2.08 bits per heavy atom. The molecular formula is C19H19N3O3. The Morgan fingerprint density at radius 3 is 2.84 bits per heavy atom. The van der Waals surface area contributed by atoms with Gasteiger partial charge in [-0.3, -0.25) is 4.79 Å². The van der Waals surface area contributed by atoms with Crippen LogP contribution < -0.4 is 10.1 Å². The Bertz CT molecular complexity index is 926. The lowest BCUT2D eigenvalue weighted by Gasteiger charge is -2.17. The van der Waals surface area contributed by atoms with Gasteiger partial charge in [0.2, 0.25) is 0 Å². The van der Waals surface area contributed by atoms with Crippen LogP contribution >= 0.6 is 0 Å². The number of nitrogens with one attached hydrogen (secondary N) is 2. The molecule has 3 heterocycles. The molecule has 1 aliphatic rings. The number of nitrogens with zero attached hydrogens (tertiary/aromatic N) is 1. The largest absolute Gasteiger partial charge is 0.496 e. The monoisotopic (exact) mass is 337 g/mol. The normalized spacial score (nSPS) is 16.9. The van der Waals surface area contributed by atoms with Crippen molar-refractivity contribution in [2.75, 3.05) is 13.7 Å². The van der Waals surface area contributed by atoms with E-state index in [0.29, 0.717) is 30.2 Å². The molecule has 0 saturated heterocycles. The number of rotatable bonds is 3. The highest BCUT2D eigenvalue weighted by atomic mass is 16.5. The highest BCUT2D eigenvalue weighted by Gasteiger charge is 2.28. The van der Waals surface area contributed by atoms with Crippen LogP contribution in [0.15, 0.2) is 40.8 Å². The van der Waals surface area contributed by atoms with E-state index in [1.807, 2.05) is 43.3 Å². The zero-order chi connectivity index (χ0) is 17.4. The number of imidazole rings is 1. The SMILES string of the molecule is COc1ccccc1C1CNC(=O)c2nc(-c3ccc(C)o3)[nH]c2C1. The summed E-state index contributed by atoms with van der Waals surface area (Å²) in [5.74, 6) is 2.77. The summed E-state index contributed by atoms with van der Waals surface area (Å²) in [6.45, 7) is 2.42. The summed E-state index contributed by atoms with van der Waals surface area (Å²) in [4.78, 5) is 20.1. The summed E-state index contributed by atoms with van der Waals surface area (Å²) in [7, 11) is 1.66. The first kappa shape index (κ1) is 15.5. The van der Waals surface area contributed by atoms with Crippen LogP contribution in [0.2, 0.25) is 0 Å². The highest BCUT2D eigenvalue weighted by Crippen LogP contribution is 2.32. The van der Waals surface area contributed by atoms with Crippen molar-refractivity contribution < 1.29 is 13.9 Å². The van der Waals surface area contributed by atoms with Crippen LogP contribution in [0.4, 0.5) is 0 Å². The lowest BCUT2D eigenvalue weighted by atomic mass is 9.93. The fourth-order valence-electron chi connectivity index (χ4n) is 3.27. The molecule has 3 aromatic rings. The van der Waals surface area contributed by atoms with E-state index in [1.54, 1.807) is 7.11 Å². The molecule has 1 amide bonds. The van der Waals surface area contributed by atoms with Crippen molar-refractivity contribution in [1.29, 1.82) is 0 Å². The number of H-pyrrole nitrogens is 1. The number of aromatic amines is 1. The topological polar surface area (TPSA) is 80.2 Å². The molecule has 6 heteroatoms. The number of ether oxygens (including phenoxy) is 1. The summed E-state index contributed by atoms with van der Waals surface area (Å²) >= 11 is 0. The quantitative estimate of drug-likeness (QED) is 0.770. The predicted octanol–water partition coefficient (Wildman–Crippen LogP) is 3.06. The number of methoxy groups -OCH3 is 1. The lowest BCUT2D eigenvalue weighted by Crippen LogP contribution is -2.26. The molecule has 0 bridgehead atoms. The van der Waals surface area contributed by atoms with Crippen LogP contribution in [0.1, 0.15) is 33.4 Å². The number of hydrogen-bond donors (Lipinski definition) is 2. The molecule has 0 spiro atoms. The number of para-hydroxylation sites is 1. The van der Waals surface area contributed by atoms with Crippen LogP contribution in [0.25, 0.3) is 11.6 Å². The molecule has 1 aromatic carbocycles. The molecule has 0 aliphatic carbocycles. The molecule has 6 nitrogen and oxygen atoms in total. The number of fused-ring (bicyclic) bond motifs is 1. The Labute approximate surface area is 145 Å². The third-order valence-electron chi connectivity index (χ3n) is 4.51. The van der Waals surface area contributed by atoms with E-state index in [4.69, 9.17) is 9.15 Å². The molecule has 1 atom stereocenters. The Balaban J connectivity index is 1.71. The number of carbonyl (C=O) groups excluding carboxylic acids is 1. The van der Waals surface area contributed by atoms with E-state index in [0.717, 1.165) is 22.8 Å². The fourth-order valence-corrected chi connectivity index (χ4v) is 3.27. The van der Waals surface area contributed by atoms with Crippen LogP contribution in [0.3, 0.4) is 0 Å². The molecule has 1 unspecified atom stereocenters. The lowest BCUT2D eigenvalue weighted by molar-refractivity contribution is 0.0950. The number of aromatic nitrogens is 2. The summed E-state index contributed by atoms with van der Waals surface area (Å²) in [6.07, 6.45) is 0.668. The minimum Gasteiger partial charge on any atom is -0.496 e. The third-order valence-corrected chi connectivity index (χ3v) is 4.51. The maximum absolute atomic E-state index is 12.4. The van der Waals surface area contributed by atoms with Gasteiger partial charge in [0.25, 0.3) is 5.91 Å². The molecule has 0 saturated carbocycles. The van der Waals surface area contributed by atoms with Crippen molar-refractivity contribution in [1.82, 2.24) is 15.3 Å². The van der Waals surface area contributed by atoms with Crippen LogP contribution in [0, 0.1) is 6.92 Å². The van der Waals surface area contributed by atoms with Gasteiger partial charge in [0.05, 0.1) is 7.11 Å². The Hall–Kier alpha value is -3.02. The predicted molar refractivity (Wildman–Crippen MR) is 92.8 cm³/mol. The van der Waals surface area contributed by atoms with Crippen molar-refractivity contribution in [2.24, 2.45) is 0 Å². The van der Waals surface area contributed by atoms with E-state index < -0.39 is 0 Å². The molecule has 0 radical (unpaired) electrons. The number of furan rings is 1. The van der Waals surface area contributed by atoms with Gasteiger partial charge in [-0.25, -0.2) is 4.98 Å². The van der Waals surface area contributed by atoms with Crippen molar-refractivity contribution in [3.63, 3.8) is 0 Å². The van der Waals surface area contributed by atoms with Gasteiger partial charge in [-0.2, -0.15) is 0 Å². The maximum Gasteiger partial charge on any atom is 0.271 e. The molecule has 128 valence electrons. The molecule has 2 aromatic heterocycles. The summed E-state index contributed by atoms with van der Waals surface area (Å²) in [6, 6.07) is 11.6. The number of carbonyl (C=O) groups is 1. The molecule has 25 heavy (non-hydrogen) atoms. The minimum atomic E-state index is -0.168. The van der Waals surface area contributed by atoms with Gasteiger partial charge in [-0.15, -0.1) is 0 Å². The standard InChI is InChI=1S/C19H19N3O3/c1-11-7-8-16(25-11)18-21-14-9-12(10-20-19(23)17(14)22-18)13-5-3-4-6-15(13)24-2/h3-8,12H,9-10H2,1-2H3,(H,20,23)(H,21,22). The van der Waals surface area contributed by atoms with E-state index in [-0.39, 0.29) is 11.8 Å². The van der Waals surface area contributed by atoms with Crippen LogP contribution in [-0.2, 0) is 6.42 Å². The highest BCUT2D eigenvalue weighted by molar-refractivity contribution is 5.94. The second-order valence-corrected chi connectivity index (χ2v) is 6.18. The van der Waals surface area contributed by atoms with Gasteiger partial charge >= 0.3 is 0 Å². The van der Waals surface area contributed by atoms with E-state index in [9.17, 15) is 4.79 Å². The van der Waals surface area contributed by atoms with Crippen LogP contribution in [0.5, 0.6) is 5.75 Å². The van der Waals surface area contributed by atoms with Crippen molar-refractivity contribution in [3.8, 4) is 17.3 Å². The van der Waals surface area contributed by atoms with Gasteiger partial charge in [-0.05, 0) is 37.1 Å². The van der Waals surface area contributed by atoms with Gasteiger partial charge in [-0.1, -0.05) is 18.2 Å². The smallest absolute Gasteiger partial charge is 0.271 e. The fraction of sp³-hybridized carbons (Fsp3) is 0.263. The van der Waals surface area contributed by atoms with Gasteiger partial charge in [0.1, 0.15) is 17.2 Å². The zero-order valence-electron chi connectivity index (χ0n) is 14.1. The number of amides is 1. The molecular weight excluding hydrogens is 318 g/mol. The second kappa shape index (κ2) is 6.12. The zero-order valence-corrected chi connectivity index (χ0v) is 14.1. The van der Waals surface area contributed by atoms with Gasteiger partial charge < -0.3 is 19.5 Å². The Morgan fingerprint density at radius 1 is 1.24 bits per heavy atom. The summed E-state index contributed by atoms with van der Waals surface area (Å²) < 4.78 is 11.1. The average molecular weight is 337 g/mol. The molecule has 1 aliphatic heterocycles. The van der Waals surface area contributed by atoms with E-state index >= 15 is 0 Å².